The van der Waals surface area contributed by atoms with Crippen LogP contribution in [0.25, 0.3) is 0 Å². The predicted octanol–water partition coefficient (Wildman–Crippen LogP) is 5.62. The van der Waals surface area contributed by atoms with E-state index in [0.29, 0.717) is 17.6 Å². The van der Waals surface area contributed by atoms with Crippen LogP contribution in [0.4, 0.5) is 0 Å². The highest BCUT2D eigenvalue weighted by molar-refractivity contribution is 7.45. The second-order valence-electron chi connectivity index (χ2n) is 10.3. The molecule has 0 bridgehead atoms. The summed E-state index contributed by atoms with van der Waals surface area (Å²) in [6.07, 6.45) is 16.2. The molecule has 0 saturated heterocycles. The maximum Gasteiger partial charge on any atom is 0.303 e. The zero-order valence-electron chi connectivity index (χ0n) is 25.8. The highest BCUT2D eigenvalue weighted by Crippen LogP contribution is 2.38. The number of likely N-dealkylation sites (N-methyl/N-ethyl adjacent to an activating group) is 1. The van der Waals surface area contributed by atoms with Gasteiger partial charge in [-0.1, -0.05) is 90.4 Å². The topological polar surface area (TPSA) is 94.1 Å². The molecule has 0 fully saturated rings. The van der Waals surface area contributed by atoms with Crippen LogP contribution in [0.2, 0.25) is 0 Å². The first-order valence-corrected chi connectivity index (χ1v) is 14.9. The Kier molecular flexibility index (Phi) is 17.9. The SMILES string of the molecule is [2H]C([2H])([2H])C(=O)O[C@H](COCCCCCCCCCCCCCCCC)COP(=O)([O-])OCC[N+](C)(C)C. The molecule has 0 aliphatic heterocycles. The third kappa shape index (κ3) is 26.4. The summed E-state index contributed by atoms with van der Waals surface area (Å²) in [6.45, 7) is -0.698. The van der Waals surface area contributed by atoms with Crippen molar-refractivity contribution >= 4 is 13.8 Å². The molecule has 0 aliphatic rings. The summed E-state index contributed by atoms with van der Waals surface area (Å²) in [7, 11) is 1.03. The van der Waals surface area contributed by atoms with Crippen LogP contribution >= 0.6 is 7.82 Å². The lowest BCUT2D eigenvalue weighted by atomic mass is 10.0. The number of ether oxygens (including phenoxy) is 2. The van der Waals surface area contributed by atoms with Gasteiger partial charge < -0.3 is 27.9 Å². The van der Waals surface area contributed by atoms with Crippen molar-refractivity contribution in [1.82, 2.24) is 0 Å². The summed E-state index contributed by atoms with van der Waals surface area (Å²) in [6, 6.07) is 0. The Bertz CT molecular complexity index is 645. The Morgan fingerprint density at radius 3 is 1.83 bits per heavy atom. The lowest BCUT2D eigenvalue weighted by molar-refractivity contribution is -0.870. The smallest absolute Gasteiger partial charge is 0.303 e. The quantitative estimate of drug-likeness (QED) is 0.0659. The molecule has 9 heteroatoms. The maximum absolute atomic E-state index is 12.0. The van der Waals surface area contributed by atoms with Gasteiger partial charge in [0.25, 0.3) is 7.82 Å². The molecule has 0 N–H and O–H groups in total. The minimum absolute atomic E-state index is 0.0698. The van der Waals surface area contributed by atoms with E-state index < -0.39 is 33.4 Å². The number of carbonyl (C=O) groups excluding carboxylic acids is 1. The minimum atomic E-state index is -4.64. The molecule has 0 aliphatic carbocycles. The van der Waals surface area contributed by atoms with Gasteiger partial charge in [0.2, 0.25) is 0 Å². The van der Waals surface area contributed by atoms with Gasteiger partial charge in [0.15, 0.2) is 0 Å². The highest BCUT2D eigenvalue weighted by Gasteiger charge is 2.19. The molecule has 2 atom stereocenters. The van der Waals surface area contributed by atoms with Gasteiger partial charge in [-0.25, -0.2) is 0 Å². The molecule has 35 heavy (non-hydrogen) atoms. The van der Waals surface area contributed by atoms with E-state index in [9.17, 15) is 14.3 Å². The zero-order chi connectivity index (χ0) is 28.9. The fraction of sp³-hybridized carbons (Fsp3) is 0.962. The normalized spacial score (nSPS) is 16.2. The number of carbonyl (C=O) groups is 1. The summed E-state index contributed by atoms with van der Waals surface area (Å²) in [5.41, 5.74) is 0. The van der Waals surface area contributed by atoms with Gasteiger partial charge in [-0.05, 0) is 6.42 Å². The second-order valence-corrected chi connectivity index (χ2v) is 11.7. The monoisotopic (exact) mass is 526 g/mol. The molecule has 1 unspecified atom stereocenters. The average Bonchev–Trinajstić information content (AvgIpc) is 2.80. The highest BCUT2D eigenvalue weighted by atomic mass is 31.2. The van der Waals surface area contributed by atoms with Crippen LogP contribution in [0, 0.1) is 0 Å². The first-order chi connectivity index (χ1) is 17.8. The van der Waals surface area contributed by atoms with Crippen molar-refractivity contribution in [2.45, 2.75) is 110 Å². The van der Waals surface area contributed by atoms with Gasteiger partial charge in [0.05, 0.1) is 34.4 Å². The van der Waals surface area contributed by atoms with E-state index in [2.05, 4.69) is 6.92 Å². The fourth-order valence-electron chi connectivity index (χ4n) is 3.52. The minimum Gasteiger partial charge on any atom is -0.756 e. The van der Waals surface area contributed by atoms with Crippen LogP contribution in [0.15, 0.2) is 0 Å². The molecule has 0 rings (SSSR count). The molecule has 0 heterocycles. The van der Waals surface area contributed by atoms with Crippen molar-refractivity contribution in [3.05, 3.63) is 0 Å². The molecule has 210 valence electrons. The molecule has 0 aromatic heterocycles. The predicted molar refractivity (Wildman–Crippen MR) is 139 cm³/mol. The summed E-state index contributed by atoms with van der Waals surface area (Å²) in [5, 5.41) is 0. The number of hydrogen-bond donors (Lipinski definition) is 0. The number of rotatable bonds is 25. The van der Waals surface area contributed by atoms with Gasteiger partial charge in [-0.3, -0.25) is 9.36 Å². The van der Waals surface area contributed by atoms with E-state index in [1.54, 1.807) is 0 Å². The lowest BCUT2D eigenvalue weighted by Gasteiger charge is -2.28. The van der Waals surface area contributed by atoms with Gasteiger partial charge >= 0.3 is 5.97 Å². The van der Waals surface area contributed by atoms with E-state index in [1.165, 1.54) is 70.6 Å². The summed E-state index contributed by atoms with van der Waals surface area (Å²) < 4.78 is 54.1. The Labute approximate surface area is 219 Å². The van der Waals surface area contributed by atoms with Crippen molar-refractivity contribution in [3.8, 4) is 0 Å². The molecule has 0 radical (unpaired) electrons. The number of phosphoric ester groups is 1. The van der Waals surface area contributed by atoms with Crippen molar-refractivity contribution in [1.29, 1.82) is 0 Å². The standard InChI is InChI=1S/C26H54NO7P/c1-6-7-8-9-10-11-12-13-14-15-16-17-18-19-21-31-23-26(34-25(2)28)24-33-35(29,30)32-22-20-27(3,4)5/h26H,6-24H2,1-5H3/t26-/m1/s1/i2D3. The lowest BCUT2D eigenvalue weighted by Crippen LogP contribution is -2.37. The van der Waals surface area contributed by atoms with E-state index in [-0.39, 0.29) is 13.2 Å². The van der Waals surface area contributed by atoms with Crippen molar-refractivity contribution in [2.75, 3.05) is 54.1 Å². The molecule has 0 aromatic rings. The van der Waals surface area contributed by atoms with Gasteiger partial charge in [-0.2, -0.15) is 0 Å². The van der Waals surface area contributed by atoms with E-state index in [4.69, 9.17) is 22.6 Å². The number of phosphoric acid groups is 1. The Balaban J connectivity index is 4.10. The first-order valence-electron chi connectivity index (χ1n) is 15.0. The molecule has 0 aromatic carbocycles. The molecule has 0 amide bonds. The largest absolute Gasteiger partial charge is 0.756 e. The number of esters is 1. The molecule has 8 nitrogen and oxygen atoms in total. The van der Waals surface area contributed by atoms with Crippen LogP contribution in [0.5, 0.6) is 0 Å². The first kappa shape index (κ1) is 29.1. The third-order valence-corrected chi connectivity index (χ3v) is 6.61. The van der Waals surface area contributed by atoms with Crippen LogP contribution in [-0.4, -0.2) is 70.7 Å². The van der Waals surface area contributed by atoms with Gasteiger partial charge in [-0.15, -0.1) is 0 Å². The molecule has 0 spiro atoms. The second kappa shape index (κ2) is 21.6. The Hall–Kier alpha value is -0.500. The fourth-order valence-corrected chi connectivity index (χ4v) is 4.25. The van der Waals surface area contributed by atoms with Crippen LogP contribution in [-0.2, 0) is 27.9 Å². The summed E-state index contributed by atoms with van der Waals surface area (Å²) in [4.78, 5) is 23.8. The van der Waals surface area contributed by atoms with E-state index in [1.807, 2.05) is 21.1 Å². The van der Waals surface area contributed by atoms with Gasteiger partial charge in [0.1, 0.15) is 19.3 Å². The van der Waals surface area contributed by atoms with Crippen LogP contribution in [0.1, 0.15) is 108 Å². The summed E-state index contributed by atoms with van der Waals surface area (Å²) in [5.74, 6) is -1.43. The van der Waals surface area contributed by atoms with Crippen molar-refractivity contribution in [3.63, 3.8) is 0 Å². The van der Waals surface area contributed by atoms with Crippen molar-refractivity contribution in [2.24, 2.45) is 0 Å². The molecular formula is C26H54NO7P. The number of nitrogens with zero attached hydrogens (tertiary/aromatic N) is 1. The number of hydrogen-bond acceptors (Lipinski definition) is 7. The van der Waals surface area contributed by atoms with E-state index in [0.717, 1.165) is 19.3 Å². The molecular weight excluding hydrogens is 469 g/mol. The van der Waals surface area contributed by atoms with Crippen LogP contribution < -0.4 is 4.89 Å². The summed E-state index contributed by atoms with van der Waals surface area (Å²) >= 11 is 0. The van der Waals surface area contributed by atoms with Crippen LogP contribution in [0.3, 0.4) is 0 Å². The molecule has 0 saturated carbocycles. The van der Waals surface area contributed by atoms with Gasteiger partial charge in [0, 0.05) is 17.6 Å². The Morgan fingerprint density at radius 2 is 1.34 bits per heavy atom. The Morgan fingerprint density at radius 1 is 0.829 bits per heavy atom. The van der Waals surface area contributed by atoms with E-state index >= 15 is 0 Å². The number of unbranched alkanes of at least 4 members (excludes halogenated alkanes) is 13. The third-order valence-electron chi connectivity index (χ3n) is 5.65. The average molecular weight is 527 g/mol. The van der Waals surface area contributed by atoms with Crippen molar-refractivity contribution < 1.29 is 41.4 Å². The maximum atomic E-state index is 12.0. The number of quaternary nitrogens is 1. The zero-order valence-corrected chi connectivity index (χ0v) is 23.7.